The standard InChI is InChI=1S/C19H23N3O2S/c1-14-4-2-3-5-17(14)24-16-6-9-21(10-7-16)18(23)12-15-13-25-19-20-8-11-22(15)19/h2-5,13,16H,6-12H2,1H3. The topological polar surface area (TPSA) is 45.1 Å². The number of aliphatic imine (C=N–C) groups is 1. The summed E-state index contributed by atoms with van der Waals surface area (Å²) in [5.74, 6) is 1.18. The van der Waals surface area contributed by atoms with Gasteiger partial charge in [-0.15, -0.1) is 0 Å². The lowest BCUT2D eigenvalue weighted by Gasteiger charge is -2.33. The van der Waals surface area contributed by atoms with Crippen molar-refractivity contribution in [2.24, 2.45) is 4.99 Å². The van der Waals surface area contributed by atoms with E-state index in [0.29, 0.717) is 6.42 Å². The number of para-hydroxylation sites is 1. The van der Waals surface area contributed by atoms with Crippen LogP contribution in [0.4, 0.5) is 0 Å². The van der Waals surface area contributed by atoms with Crippen molar-refractivity contribution in [2.45, 2.75) is 32.3 Å². The van der Waals surface area contributed by atoms with Crippen LogP contribution in [0.25, 0.3) is 0 Å². The van der Waals surface area contributed by atoms with Gasteiger partial charge >= 0.3 is 0 Å². The average molecular weight is 357 g/mol. The third-order valence-electron chi connectivity index (χ3n) is 4.96. The number of nitrogens with zero attached hydrogens (tertiary/aromatic N) is 3. The molecule has 0 spiro atoms. The maximum atomic E-state index is 12.6. The number of benzene rings is 1. The molecule has 0 saturated carbocycles. The molecule has 4 rings (SSSR count). The molecule has 1 fully saturated rings. The van der Waals surface area contributed by atoms with Crippen LogP contribution in [0.3, 0.4) is 0 Å². The summed E-state index contributed by atoms with van der Waals surface area (Å²) < 4.78 is 6.13. The van der Waals surface area contributed by atoms with Crippen molar-refractivity contribution in [1.82, 2.24) is 9.80 Å². The highest BCUT2D eigenvalue weighted by atomic mass is 32.2. The molecule has 0 radical (unpaired) electrons. The van der Waals surface area contributed by atoms with E-state index in [2.05, 4.69) is 28.3 Å². The van der Waals surface area contributed by atoms with E-state index < -0.39 is 0 Å². The summed E-state index contributed by atoms with van der Waals surface area (Å²) in [6, 6.07) is 8.11. The van der Waals surface area contributed by atoms with E-state index in [1.807, 2.05) is 23.1 Å². The highest BCUT2D eigenvalue weighted by Gasteiger charge is 2.30. The number of piperidine rings is 1. The number of rotatable bonds is 4. The van der Waals surface area contributed by atoms with Crippen LogP contribution in [0, 0.1) is 6.92 Å². The summed E-state index contributed by atoms with van der Waals surface area (Å²) in [5.41, 5.74) is 2.26. The molecule has 0 N–H and O–H groups in total. The van der Waals surface area contributed by atoms with Crippen molar-refractivity contribution in [2.75, 3.05) is 26.2 Å². The second kappa shape index (κ2) is 7.12. The van der Waals surface area contributed by atoms with Gasteiger partial charge in [0.25, 0.3) is 0 Å². The molecule has 0 unspecified atom stereocenters. The Morgan fingerprint density at radius 2 is 2.08 bits per heavy atom. The molecule has 25 heavy (non-hydrogen) atoms. The van der Waals surface area contributed by atoms with Crippen molar-refractivity contribution >= 4 is 22.8 Å². The predicted octanol–water partition coefficient (Wildman–Crippen LogP) is 3.01. The van der Waals surface area contributed by atoms with Crippen molar-refractivity contribution < 1.29 is 9.53 Å². The number of carbonyl (C=O) groups is 1. The van der Waals surface area contributed by atoms with Gasteiger partial charge in [-0.1, -0.05) is 30.0 Å². The Morgan fingerprint density at radius 3 is 2.88 bits per heavy atom. The molecule has 6 heteroatoms. The fourth-order valence-corrected chi connectivity index (χ4v) is 4.43. The molecule has 0 bridgehead atoms. The summed E-state index contributed by atoms with van der Waals surface area (Å²) in [7, 11) is 0. The van der Waals surface area contributed by atoms with Gasteiger partial charge in [-0.2, -0.15) is 0 Å². The number of amidine groups is 1. The molecular formula is C19H23N3O2S. The second-order valence-corrected chi connectivity index (χ2v) is 7.52. The molecule has 0 aromatic heterocycles. The molecule has 1 aromatic rings. The summed E-state index contributed by atoms with van der Waals surface area (Å²) in [6.45, 7) is 5.37. The first-order valence-corrected chi connectivity index (χ1v) is 9.76. The highest BCUT2D eigenvalue weighted by Crippen LogP contribution is 2.31. The van der Waals surface area contributed by atoms with Crippen molar-refractivity contribution in [3.05, 3.63) is 40.9 Å². The van der Waals surface area contributed by atoms with Gasteiger partial charge in [-0.3, -0.25) is 9.79 Å². The van der Waals surface area contributed by atoms with Crippen LogP contribution in [0.15, 0.2) is 40.4 Å². The smallest absolute Gasteiger partial charge is 0.228 e. The number of carbonyl (C=O) groups excluding carboxylic acids is 1. The van der Waals surface area contributed by atoms with E-state index in [1.165, 1.54) is 0 Å². The zero-order chi connectivity index (χ0) is 17.2. The minimum absolute atomic E-state index is 0.198. The second-order valence-electron chi connectivity index (χ2n) is 6.68. The Morgan fingerprint density at radius 1 is 1.28 bits per heavy atom. The van der Waals surface area contributed by atoms with Crippen LogP contribution in [0.1, 0.15) is 24.8 Å². The third-order valence-corrected chi connectivity index (χ3v) is 5.91. The molecule has 5 nitrogen and oxygen atoms in total. The normalized spacial score (nSPS) is 20.4. The van der Waals surface area contributed by atoms with Gasteiger partial charge in [0.15, 0.2) is 5.17 Å². The minimum atomic E-state index is 0.198. The lowest BCUT2D eigenvalue weighted by molar-refractivity contribution is -0.132. The lowest BCUT2D eigenvalue weighted by atomic mass is 10.1. The summed E-state index contributed by atoms with van der Waals surface area (Å²) >= 11 is 1.64. The quantitative estimate of drug-likeness (QED) is 0.831. The van der Waals surface area contributed by atoms with Crippen molar-refractivity contribution in [3.63, 3.8) is 0 Å². The molecule has 0 aliphatic carbocycles. The van der Waals surface area contributed by atoms with E-state index in [9.17, 15) is 4.79 Å². The molecule has 1 aromatic carbocycles. The number of aryl methyl sites for hydroxylation is 1. The monoisotopic (exact) mass is 357 g/mol. The highest BCUT2D eigenvalue weighted by molar-refractivity contribution is 8.16. The average Bonchev–Trinajstić information content (AvgIpc) is 3.23. The number of amides is 1. The van der Waals surface area contributed by atoms with E-state index in [1.54, 1.807) is 11.8 Å². The van der Waals surface area contributed by atoms with Gasteiger partial charge in [0, 0.05) is 38.2 Å². The molecular weight excluding hydrogens is 334 g/mol. The molecule has 132 valence electrons. The van der Waals surface area contributed by atoms with Crippen molar-refractivity contribution in [3.8, 4) is 5.75 Å². The number of fused-ring (bicyclic) bond motifs is 1. The summed E-state index contributed by atoms with van der Waals surface area (Å²) in [6.07, 6.45) is 2.47. The van der Waals surface area contributed by atoms with Gasteiger partial charge in [-0.25, -0.2) is 0 Å². The van der Waals surface area contributed by atoms with Crippen LogP contribution in [-0.4, -0.2) is 53.2 Å². The van der Waals surface area contributed by atoms with E-state index in [4.69, 9.17) is 4.74 Å². The number of hydrogen-bond donors (Lipinski definition) is 0. The first-order valence-electron chi connectivity index (χ1n) is 8.88. The third kappa shape index (κ3) is 3.54. The first kappa shape index (κ1) is 16.5. The molecule has 3 aliphatic rings. The molecule has 3 heterocycles. The Kier molecular flexibility index (Phi) is 4.70. The van der Waals surface area contributed by atoms with E-state index in [0.717, 1.165) is 61.2 Å². The molecule has 1 amide bonds. The molecule has 3 aliphatic heterocycles. The predicted molar refractivity (Wildman–Crippen MR) is 101 cm³/mol. The Balaban J connectivity index is 1.28. The number of likely N-dealkylation sites (tertiary alicyclic amines) is 1. The Bertz CT molecular complexity index is 723. The maximum Gasteiger partial charge on any atom is 0.228 e. The fourth-order valence-electron chi connectivity index (χ4n) is 3.47. The van der Waals surface area contributed by atoms with Gasteiger partial charge < -0.3 is 14.5 Å². The maximum absolute atomic E-state index is 12.6. The van der Waals surface area contributed by atoms with Crippen molar-refractivity contribution in [1.29, 1.82) is 0 Å². The zero-order valence-electron chi connectivity index (χ0n) is 14.5. The summed E-state index contributed by atoms with van der Waals surface area (Å²) in [4.78, 5) is 21.2. The number of thioether (sulfide) groups is 1. The van der Waals surface area contributed by atoms with Gasteiger partial charge in [0.2, 0.25) is 5.91 Å². The van der Waals surface area contributed by atoms with Crippen LogP contribution in [0.2, 0.25) is 0 Å². The Hall–Kier alpha value is -1.95. The lowest BCUT2D eigenvalue weighted by Crippen LogP contribution is -2.42. The van der Waals surface area contributed by atoms with Gasteiger partial charge in [0.1, 0.15) is 11.9 Å². The van der Waals surface area contributed by atoms with Crippen LogP contribution < -0.4 is 4.74 Å². The van der Waals surface area contributed by atoms with Gasteiger partial charge in [0.05, 0.1) is 13.0 Å². The summed E-state index contributed by atoms with van der Waals surface area (Å²) in [5, 5.41) is 3.12. The SMILES string of the molecule is Cc1ccccc1OC1CCN(C(=O)CC2=CSC3=NCCN23)CC1. The van der Waals surface area contributed by atoms with Crippen LogP contribution in [-0.2, 0) is 4.79 Å². The largest absolute Gasteiger partial charge is 0.490 e. The van der Waals surface area contributed by atoms with Crippen LogP contribution >= 0.6 is 11.8 Å². The van der Waals surface area contributed by atoms with Gasteiger partial charge in [-0.05, 0) is 24.0 Å². The zero-order valence-corrected chi connectivity index (χ0v) is 15.3. The number of ether oxygens (including phenoxy) is 1. The first-order chi connectivity index (χ1) is 12.2. The minimum Gasteiger partial charge on any atom is -0.490 e. The molecule has 1 saturated heterocycles. The molecule has 0 atom stereocenters. The number of hydrogen-bond acceptors (Lipinski definition) is 5. The Labute approximate surface area is 152 Å². The van der Waals surface area contributed by atoms with E-state index in [-0.39, 0.29) is 12.0 Å². The van der Waals surface area contributed by atoms with E-state index >= 15 is 0 Å². The van der Waals surface area contributed by atoms with Crippen LogP contribution in [0.5, 0.6) is 5.75 Å². The fraction of sp³-hybridized carbons (Fsp3) is 0.474.